The maximum Gasteiger partial charge on any atom is 0.472 e. The van der Waals surface area contributed by atoms with Crippen LogP contribution >= 0.6 is 7.82 Å². The molecule has 2 unspecified atom stereocenters. The first-order chi connectivity index (χ1) is 29.6. The number of aliphatic hydroxyl groups excluding tert-OH is 2. The Kier molecular flexibility index (Phi) is 19.1. The lowest BCUT2D eigenvalue weighted by Crippen LogP contribution is -2.45. The zero-order valence-electron chi connectivity index (χ0n) is 35.3. The molecular weight excluding hydrogens is 802 g/mol. The van der Waals surface area contributed by atoms with Crippen LogP contribution in [0.15, 0.2) is 49.3 Å². The van der Waals surface area contributed by atoms with Gasteiger partial charge in [0, 0.05) is 0 Å². The second-order valence-corrected chi connectivity index (χ2v) is 17.3. The third kappa shape index (κ3) is 13.9. The van der Waals surface area contributed by atoms with E-state index in [0.717, 1.165) is 25.7 Å². The van der Waals surface area contributed by atoms with Crippen molar-refractivity contribution in [2.75, 3.05) is 18.9 Å². The average Bonchev–Trinajstić information content (AvgIpc) is 4.02. The van der Waals surface area contributed by atoms with Gasteiger partial charge in [-0.2, -0.15) is 20.7 Å². The molecule has 5 rings (SSSR count). The Balaban J connectivity index is 1.10. The van der Waals surface area contributed by atoms with Crippen molar-refractivity contribution in [3.05, 3.63) is 66.1 Å². The molecule has 0 spiro atoms. The van der Waals surface area contributed by atoms with Gasteiger partial charge in [0.1, 0.15) is 61.6 Å². The van der Waals surface area contributed by atoms with E-state index in [1.54, 1.807) is 30.3 Å². The Labute approximate surface area is 358 Å². The quantitative estimate of drug-likeness (QED) is 0.0303. The summed E-state index contributed by atoms with van der Waals surface area (Å²) in [7, 11) is -4.85. The molecule has 5 N–H and O–H groups in total. The minimum absolute atomic E-state index is 0.0950. The number of nitrogen functional groups attached to an aromatic ring is 1. The van der Waals surface area contributed by atoms with Gasteiger partial charge in [0.15, 0.2) is 5.82 Å². The van der Waals surface area contributed by atoms with Crippen molar-refractivity contribution >= 4 is 19.2 Å². The fourth-order valence-electron chi connectivity index (χ4n) is 7.69. The lowest BCUT2D eigenvalue weighted by molar-refractivity contribution is -0.0763. The number of phosphoric acid groups is 1. The number of aromatic nitrogens is 6. The van der Waals surface area contributed by atoms with Crippen molar-refractivity contribution in [2.45, 2.75) is 159 Å². The number of nitrogens with two attached hydrogens (primary N) is 1. The van der Waals surface area contributed by atoms with E-state index in [1.807, 2.05) is 6.07 Å². The van der Waals surface area contributed by atoms with Crippen LogP contribution in [0, 0.1) is 22.7 Å². The summed E-state index contributed by atoms with van der Waals surface area (Å²) in [4.78, 5) is 18.7. The topological polar surface area (TPSA) is 249 Å². The van der Waals surface area contributed by atoms with Gasteiger partial charge in [0.25, 0.3) is 0 Å². The summed E-state index contributed by atoms with van der Waals surface area (Å²) in [6.07, 6.45) is 20.4. The van der Waals surface area contributed by atoms with Crippen LogP contribution < -0.4 is 5.73 Å². The van der Waals surface area contributed by atoms with Crippen LogP contribution in [-0.4, -0.2) is 81.6 Å². The minimum atomic E-state index is -4.85. The molecule has 0 bridgehead atoms. The third-order valence-corrected chi connectivity index (χ3v) is 12.2. The van der Waals surface area contributed by atoms with Crippen LogP contribution in [0.3, 0.4) is 0 Å². The Morgan fingerprint density at radius 3 is 2.16 bits per heavy atom. The van der Waals surface area contributed by atoms with Crippen LogP contribution in [0.2, 0.25) is 0 Å². The molecule has 0 saturated carbocycles. The van der Waals surface area contributed by atoms with Gasteiger partial charge in [0.05, 0.1) is 36.3 Å². The van der Waals surface area contributed by atoms with Crippen LogP contribution in [0.4, 0.5) is 5.82 Å². The van der Waals surface area contributed by atoms with E-state index in [2.05, 4.69) is 33.2 Å². The second kappa shape index (κ2) is 24.4. The molecule has 61 heavy (non-hydrogen) atoms. The Bertz CT molecular complexity index is 2050. The van der Waals surface area contributed by atoms with Gasteiger partial charge in [-0.1, -0.05) is 122 Å². The number of benzene rings is 1. The van der Waals surface area contributed by atoms with Crippen molar-refractivity contribution < 1.29 is 38.2 Å². The normalized spacial score (nSPS) is 20.4. The van der Waals surface area contributed by atoms with E-state index in [0.29, 0.717) is 28.8 Å². The van der Waals surface area contributed by atoms with Gasteiger partial charge >= 0.3 is 7.82 Å². The summed E-state index contributed by atoms with van der Waals surface area (Å²) < 4.78 is 38.8. The fourth-order valence-corrected chi connectivity index (χ4v) is 8.47. The number of ether oxygens (including phenoxy) is 2. The lowest BCUT2D eigenvalue weighted by atomic mass is 9.96. The molecule has 1 fully saturated rings. The number of fused-ring (bicyclic) bond motifs is 1. The van der Waals surface area contributed by atoms with Gasteiger partial charge in [-0.05, 0) is 36.2 Å². The Morgan fingerprint density at radius 1 is 0.902 bits per heavy atom. The molecular formula is C43H62N9O8P. The van der Waals surface area contributed by atoms with Crippen molar-refractivity contribution in [3.8, 4) is 17.8 Å². The van der Waals surface area contributed by atoms with E-state index in [4.69, 9.17) is 24.3 Å². The maximum absolute atomic E-state index is 13.2. The van der Waals surface area contributed by atoms with E-state index in [1.165, 1.54) is 112 Å². The highest BCUT2D eigenvalue weighted by Crippen LogP contribution is 2.48. The third-order valence-electron chi connectivity index (χ3n) is 11.3. The molecule has 18 heteroatoms. The highest BCUT2D eigenvalue weighted by Gasteiger charge is 2.57. The van der Waals surface area contributed by atoms with E-state index in [-0.39, 0.29) is 24.7 Å². The highest BCUT2D eigenvalue weighted by atomic mass is 31.2. The molecule has 3 aromatic heterocycles. The largest absolute Gasteiger partial charge is 0.472 e. The van der Waals surface area contributed by atoms with Crippen LogP contribution in [0.25, 0.3) is 11.2 Å². The molecule has 17 nitrogen and oxygen atoms in total. The van der Waals surface area contributed by atoms with Gasteiger partial charge in [-0.25, -0.2) is 23.7 Å². The summed E-state index contributed by atoms with van der Waals surface area (Å²) in [6, 6.07) is 12.4. The maximum atomic E-state index is 13.2. The number of phosphoric ester groups is 1. The van der Waals surface area contributed by atoms with Crippen molar-refractivity contribution in [1.82, 2.24) is 29.4 Å². The van der Waals surface area contributed by atoms with Crippen molar-refractivity contribution in [2.24, 2.45) is 0 Å². The molecule has 0 aliphatic carbocycles. The molecule has 332 valence electrons. The first-order valence-electron chi connectivity index (χ1n) is 21.8. The zero-order chi connectivity index (χ0) is 43.5. The second-order valence-electron chi connectivity index (χ2n) is 15.9. The SMILES string of the molecule is CCCCCCCCCCCCCCCCCCC[C@H](COP(=O)(O)OC[C@@]1(C#N)OC(c2ccc3c(N)ncnn23)[C@H](O)[C@@H]1O)OCc1ccc(-n2cncn2)c(C#N)c1. The Hall–Kier alpha value is -4.29. The van der Waals surface area contributed by atoms with Gasteiger partial charge < -0.3 is 30.3 Å². The number of nitrogens with zero attached hydrogens (tertiary/aromatic N) is 8. The molecule has 1 aliphatic rings. The van der Waals surface area contributed by atoms with Crippen LogP contribution in [0.1, 0.15) is 145 Å². The standard InChI is InChI=1S/C43H62N9O8P/c1-2-3-4-5-6-7-8-9-10-11-12-13-14-15-16-17-18-19-35(57-26-33-20-21-36(34(24-33)25-44)51-32-47-30-49-51)27-58-61(55,56)59-29-43(28-45)41(54)39(53)40(60-43)37-22-23-38-42(46)48-31-50-52(37)38/h20-24,30-32,35,39-41,53-54H,2-19,26-27,29H2,1H3,(H,55,56)(H2,46,48,50)/t35-,39+,40?,41+,43-/m1/s1. The smallest absolute Gasteiger partial charge is 0.387 e. The average molecular weight is 864 g/mol. The summed E-state index contributed by atoms with van der Waals surface area (Å²) in [6.45, 7) is 1.13. The lowest BCUT2D eigenvalue weighted by Gasteiger charge is -2.26. The number of aliphatic hydroxyl groups is 2. The Morgan fingerprint density at radius 2 is 1.56 bits per heavy atom. The molecule has 1 aromatic carbocycles. The van der Waals surface area contributed by atoms with Crippen molar-refractivity contribution in [3.63, 3.8) is 0 Å². The number of hydrogen-bond donors (Lipinski definition) is 4. The first kappa shape index (κ1) is 47.8. The summed E-state index contributed by atoms with van der Waals surface area (Å²) >= 11 is 0. The van der Waals surface area contributed by atoms with E-state index >= 15 is 0 Å². The van der Waals surface area contributed by atoms with Crippen LogP contribution in [0.5, 0.6) is 0 Å². The first-order valence-corrected chi connectivity index (χ1v) is 23.3. The number of unbranched alkanes of at least 4 members (excludes halogenated alkanes) is 16. The number of anilines is 1. The minimum Gasteiger partial charge on any atom is -0.387 e. The molecule has 0 amide bonds. The molecule has 6 atom stereocenters. The summed E-state index contributed by atoms with van der Waals surface area (Å²) in [5, 5.41) is 50.1. The summed E-state index contributed by atoms with van der Waals surface area (Å²) in [5.41, 5.74) is 6.04. The van der Waals surface area contributed by atoms with Gasteiger partial charge in [0.2, 0.25) is 5.60 Å². The van der Waals surface area contributed by atoms with Gasteiger partial charge in [-0.15, -0.1) is 0 Å². The molecule has 4 aromatic rings. The van der Waals surface area contributed by atoms with Gasteiger partial charge in [-0.3, -0.25) is 9.05 Å². The van der Waals surface area contributed by atoms with E-state index < -0.39 is 44.4 Å². The number of nitriles is 2. The van der Waals surface area contributed by atoms with Crippen molar-refractivity contribution in [1.29, 1.82) is 10.5 Å². The predicted molar refractivity (Wildman–Crippen MR) is 227 cm³/mol. The summed E-state index contributed by atoms with van der Waals surface area (Å²) in [5.74, 6) is 0.169. The highest BCUT2D eigenvalue weighted by molar-refractivity contribution is 7.47. The van der Waals surface area contributed by atoms with E-state index in [9.17, 15) is 30.2 Å². The predicted octanol–water partition coefficient (Wildman–Crippen LogP) is 7.58. The van der Waals surface area contributed by atoms with Crippen LogP contribution in [-0.2, 0) is 29.7 Å². The molecule has 0 radical (unpaired) electrons. The molecule has 1 saturated heterocycles. The number of hydrogen-bond acceptors (Lipinski definition) is 14. The zero-order valence-corrected chi connectivity index (χ0v) is 36.2. The molecule has 1 aliphatic heterocycles. The molecule has 4 heterocycles. The fraction of sp³-hybridized carbons (Fsp3) is 0.628. The monoisotopic (exact) mass is 863 g/mol. The number of rotatable bonds is 29.